The van der Waals surface area contributed by atoms with Gasteiger partial charge < -0.3 is 5.73 Å². The zero-order valence-electron chi connectivity index (χ0n) is 6.78. The number of nitrogens with two attached hydrogens (primary N) is 1. The van der Waals surface area contributed by atoms with Crippen molar-refractivity contribution in [1.29, 1.82) is 0 Å². The number of anilines is 1. The second kappa shape index (κ2) is 3.28. The van der Waals surface area contributed by atoms with Crippen molar-refractivity contribution in [1.82, 2.24) is 0 Å². The standard InChI is InChI=1S/C7H8BrNO3S/c1-4-2-5(13(10,11)12)3-6(8)7(4)9/h2-3H,9H2,1H3,(H,10,11,12). The topological polar surface area (TPSA) is 80.4 Å². The average molecular weight is 266 g/mol. The zero-order chi connectivity index (χ0) is 10.2. The fourth-order valence-corrected chi connectivity index (χ4v) is 2.18. The maximum atomic E-state index is 10.7. The van der Waals surface area contributed by atoms with Gasteiger partial charge in [-0.3, -0.25) is 4.55 Å². The third-order valence-corrected chi connectivity index (χ3v) is 3.10. The number of halogens is 1. The maximum Gasteiger partial charge on any atom is 0.294 e. The van der Waals surface area contributed by atoms with E-state index in [4.69, 9.17) is 10.3 Å². The molecular weight excluding hydrogens is 258 g/mol. The summed E-state index contributed by atoms with van der Waals surface area (Å²) < 4.78 is 30.7. The Bertz CT molecular complexity index is 418. The van der Waals surface area contributed by atoms with Crippen LogP contribution in [-0.4, -0.2) is 13.0 Å². The van der Waals surface area contributed by atoms with E-state index in [1.807, 2.05) is 0 Å². The Morgan fingerprint density at radius 2 is 2.00 bits per heavy atom. The molecular formula is C7H8BrNO3S. The Hall–Kier alpha value is -0.590. The molecule has 0 aromatic heterocycles. The molecule has 1 aromatic carbocycles. The summed E-state index contributed by atoms with van der Waals surface area (Å²) in [5.74, 6) is 0. The largest absolute Gasteiger partial charge is 0.398 e. The van der Waals surface area contributed by atoms with Crippen LogP contribution in [0.4, 0.5) is 5.69 Å². The number of nitrogen functional groups attached to an aromatic ring is 1. The lowest BCUT2D eigenvalue weighted by molar-refractivity contribution is 0.483. The van der Waals surface area contributed by atoms with E-state index in [9.17, 15) is 8.42 Å². The van der Waals surface area contributed by atoms with E-state index in [1.54, 1.807) is 6.92 Å². The van der Waals surface area contributed by atoms with Gasteiger partial charge in [0.2, 0.25) is 0 Å². The summed E-state index contributed by atoms with van der Waals surface area (Å²) in [4.78, 5) is -0.161. The molecule has 1 rings (SSSR count). The molecule has 13 heavy (non-hydrogen) atoms. The van der Waals surface area contributed by atoms with Gasteiger partial charge in [-0.25, -0.2) is 0 Å². The predicted molar refractivity (Wildman–Crippen MR) is 53.1 cm³/mol. The normalized spacial score (nSPS) is 11.6. The van der Waals surface area contributed by atoms with Crippen molar-refractivity contribution >= 4 is 31.7 Å². The van der Waals surface area contributed by atoms with Crippen LogP contribution in [-0.2, 0) is 10.1 Å². The van der Waals surface area contributed by atoms with E-state index in [0.717, 1.165) is 0 Å². The summed E-state index contributed by atoms with van der Waals surface area (Å²) in [5, 5.41) is 0. The van der Waals surface area contributed by atoms with Crippen molar-refractivity contribution < 1.29 is 13.0 Å². The number of benzene rings is 1. The minimum atomic E-state index is -4.15. The molecule has 72 valence electrons. The Morgan fingerprint density at radius 1 is 1.46 bits per heavy atom. The van der Waals surface area contributed by atoms with Gasteiger partial charge >= 0.3 is 0 Å². The summed E-state index contributed by atoms with van der Waals surface area (Å²) in [7, 11) is -4.15. The summed E-state index contributed by atoms with van der Waals surface area (Å²) >= 11 is 3.09. The fraction of sp³-hybridized carbons (Fsp3) is 0.143. The van der Waals surface area contributed by atoms with Gasteiger partial charge in [0.15, 0.2) is 0 Å². The van der Waals surface area contributed by atoms with E-state index in [-0.39, 0.29) is 4.90 Å². The first-order valence-electron chi connectivity index (χ1n) is 3.35. The minimum absolute atomic E-state index is 0.161. The van der Waals surface area contributed by atoms with Gasteiger partial charge in [-0.1, -0.05) is 0 Å². The van der Waals surface area contributed by atoms with Crippen molar-refractivity contribution in [2.75, 3.05) is 5.73 Å². The molecule has 0 radical (unpaired) electrons. The lowest BCUT2D eigenvalue weighted by Gasteiger charge is -2.04. The monoisotopic (exact) mass is 265 g/mol. The second-order valence-electron chi connectivity index (χ2n) is 2.61. The van der Waals surface area contributed by atoms with Crippen molar-refractivity contribution in [3.8, 4) is 0 Å². The molecule has 6 heteroatoms. The van der Waals surface area contributed by atoms with Crippen LogP contribution in [0.15, 0.2) is 21.5 Å². The minimum Gasteiger partial charge on any atom is -0.398 e. The first-order chi connectivity index (χ1) is 5.82. The van der Waals surface area contributed by atoms with Crippen molar-refractivity contribution in [2.45, 2.75) is 11.8 Å². The molecule has 0 spiro atoms. The summed E-state index contributed by atoms with van der Waals surface area (Å²) in [6.07, 6.45) is 0. The number of rotatable bonds is 1. The van der Waals surface area contributed by atoms with E-state index < -0.39 is 10.1 Å². The highest BCUT2D eigenvalue weighted by atomic mass is 79.9. The molecule has 0 atom stereocenters. The van der Waals surface area contributed by atoms with Crippen molar-refractivity contribution in [2.24, 2.45) is 0 Å². The molecule has 0 aliphatic rings. The molecule has 0 fully saturated rings. The van der Waals surface area contributed by atoms with Crippen LogP contribution in [0.2, 0.25) is 0 Å². The number of hydrogen-bond donors (Lipinski definition) is 2. The Labute approximate surface area is 84.6 Å². The Kier molecular flexibility index (Phi) is 2.65. The highest BCUT2D eigenvalue weighted by Crippen LogP contribution is 2.26. The lowest BCUT2D eigenvalue weighted by atomic mass is 10.2. The average Bonchev–Trinajstić information content (AvgIpc) is 1.97. The molecule has 3 N–H and O–H groups in total. The molecule has 0 saturated heterocycles. The van der Waals surface area contributed by atoms with Gasteiger partial charge in [-0.2, -0.15) is 8.42 Å². The third kappa shape index (κ3) is 2.20. The van der Waals surface area contributed by atoms with Gasteiger partial charge in [-0.05, 0) is 40.5 Å². The Morgan fingerprint density at radius 3 is 2.38 bits per heavy atom. The third-order valence-electron chi connectivity index (χ3n) is 1.61. The summed E-state index contributed by atoms with van der Waals surface area (Å²) in [6.45, 7) is 1.66. The van der Waals surface area contributed by atoms with Crippen LogP contribution in [0.25, 0.3) is 0 Å². The van der Waals surface area contributed by atoms with Crippen LogP contribution in [0.5, 0.6) is 0 Å². The molecule has 0 bridgehead atoms. The van der Waals surface area contributed by atoms with Crippen LogP contribution in [0.1, 0.15) is 5.56 Å². The highest BCUT2D eigenvalue weighted by Gasteiger charge is 2.12. The van der Waals surface area contributed by atoms with Gasteiger partial charge in [0.1, 0.15) is 0 Å². The first kappa shape index (κ1) is 10.5. The number of aryl methyl sites for hydroxylation is 1. The van der Waals surface area contributed by atoms with E-state index in [1.165, 1.54) is 12.1 Å². The number of hydrogen-bond acceptors (Lipinski definition) is 3. The van der Waals surface area contributed by atoms with Crippen LogP contribution in [0.3, 0.4) is 0 Å². The molecule has 0 amide bonds. The molecule has 0 aliphatic heterocycles. The lowest BCUT2D eigenvalue weighted by Crippen LogP contribution is -2.00. The molecule has 1 aromatic rings. The smallest absolute Gasteiger partial charge is 0.294 e. The SMILES string of the molecule is Cc1cc(S(=O)(=O)O)cc(Br)c1N. The van der Waals surface area contributed by atoms with E-state index >= 15 is 0 Å². The Balaban J connectivity index is 3.47. The quantitative estimate of drug-likeness (QED) is 0.597. The van der Waals surface area contributed by atoms with Gasteiger partial charge in [-0.15, -0.1) is 0 Å². The highest BCUT2D eigenvalue weighted by molar-refractivity contribution is 9.10. The first-order valence-corrected chi connectivity index (χ1v) is 5.59. The zero-order valence-corrected chi connectivity index (χ0v) is 9.18. The van der Waals surface area contributed by atoms with Crippen molar-refractivity contribution in [3.05, 3.63) is 22.2 Å². The molecule has 0 heterocycles. The molecule has 0 saturated carbocycles. The van der Waals surface area contributed by atoms with Crippen LogP contribution < -0.4 is 5.73 Å². The molecule has 0 unspecified atom stereocenters. The van der Waals surface area contributed by atoms with E-state index in [0.29, 0.717) is 15.7 Å². The molecule has 4 nitrogen and oxygen atoms in total. The van der Waals surface area contributed by atoms with Crippen LogP contribution >= 0.6 is 15.9 Å². The molecule has 0 aliphatic carbocycles. The second-order valence-corrected chi connectivity index (χ2v) is 4.89. The fourth-order valence-electron chi connectivity index (χ4n) is 0.873. The van der Waals surface area contributed by atoms with E-state index in [2.05, 4.69) is 15.9 Å². The van der Waals surface area contributed by atoms with Crippen LogP contribution in [0, 0.1) is 6.92 Å². The predicted octanol–water partition coefficient (Wildman–Crippen LogP) is 1.59. The van der Waals surface area contributed by atoms with Gasteiger partial charge in [0.25, 0.3) is 10.1 Å². The van der Waals surface area contributed by atoms with Crippen molar-refractivity contribution in [3.63, 3.8) is 0 Å². The summed E-state index contributed by atoms with van der Waals surface area (Å²) in [5.41, 5.74) is 6.63. The maximum absolute atomic E-state index is 10.7. The van der Waals surface area contributed by atoms with Gasteiger partial charge in [0, 0.05) is 10.2 Å². The summed E-state index contributed by atoms with van der Waals surface area (Å²) in [6, 6.07) is 2.58. The van der Waals surface area contributed by atoms with Gasteiger partial charge in [0.05, 0.1) is 4.90 Å².